The van der Waals surface area contributed by atoms with Crippen LogP contribution in [0.15, 0.2) is 36.4 Å². The topological polar surface area (TPSA) is 18.5 Å². The third-order valence-electron chi connectivity index (χ3n) is 5.61. The molecule has 2 nitrogen and oxygen atoms in total. The Morgan fingerprint density at radius 2 is 0.788 bits per heavy atom. The minimum atomic E-state index is -1.12. The molecule has 0 heterocycles. The molecule has 2 aromatic rings. The van der Waals surface area contributed by atoms with Gasteiger partial charge in [-0.15, -0.1) is 0 Å². The Balaban J connectivity index is 0.00000512. The van der Waals surface area contributed by atoms with E-state index < -0.39 is 19.9 Å². The van der Waals surface area contributed by atoms with Gasteiger partial charge in [0, 0.05) is 0 Å². The van der Waals surface area contributed by atoms with Crippen LogP contribution in [-0.4, -0.2) is 0 Å². The molecule has 184 valence electrons. The maximum Gasteiger partial charge on any atom is -1.00 e. The third kappa shape index (κ3) is 8.81. The van der Waals surface area contributed by atoms with Gasteiger partial charge < -0.3 is 24.8 Å². The van der Waals surface area contributed by atoms with Crippen molar-refractivity contribution in [2.75, 3.05) is 0 Å². The van der Waals surface area contributed by atoms with E-state index in [4.69, 9.17) is 6.64 Å². The SMILES string of the molecule is CC(C)(C)c1ccc(C(C)(C)C)c([O][Ti+2][O]c2cc(C(C)(C)C)ccc2C(C)(C)C)c1.[Cl-].[Cl-]. The van der Waals surface area contributed by atoms with Gasteiger partial charge in [0.25, 0.3) is 0 Å². The van der Waals surface area contributed by atoms with Crippen LogP contribution in [0.2, 0.25) is 0 Å². The smallest absolute Gasteiger partial charge is 1.00 e. The molecule has 0 spiro atoms. The zero-order chi connectivity index (χ0) is 23.8. The van der Waals surface area contributed by atoms with Gasteiger partial charge >= 0.3 is 201 Å². The van der Waals surface area contributed by atoms with Crippen molar-refractivity contribution >= 4 is 0 Å². The third-order valence-corrected chi connectivity index (χ3v) is 6.56. The molecular weight excluding hydrogens is 487 g/mol. The van der Waals surface area contributed by atoms with Crippen molar-refractivity contribution in [1.82, 2.24) is 0 Å². The average Bonchev–Trinajstić information content (AvgIpc) is 2.58. The first-order valence-corrected chi connectivity index (χ1v) is 12.6. The molecule has 5 heteroatoms. The Kier molecular flexibility index (Phi) is 11.2. The van der Waals surface area contributed by atoms with Crippen LogP contribution in [0.5, 0.6) is 11.5 Å². The molecular formula is C28H42Cl2O2Ti. The molecule has 0 N–H and O–H groups in total. The van der Waals surface area contributed by atoms with Gasteiger partial charge in [-0.25, -0.2) is 0 Å². The monoisotopic (exact) mass is 528 g/mol. The van der Waals surface area contributed by atoms with Crippen molar-refractivity contribution in [2.24, 2.45) is 0 Å². The fourth-order valence-corrected chi connectivity index (χ4v) is 4.37. The van der Waals surface area contributed by atoms with Gasteiger partial charge in [-0.05, 0) is 0 Å². The molecule has 33 heavy (non-hydrogen) atoms. The summed E-state index contributed by atoms with van der Waals surface area (Å²) in [4.78, 5) is 0. The van der Waals surface area contributed by atoms with Gasteiger partial charge in [-0.2, -0.15) is 0 Å². The fourth-order valence-electron chi connectivity index (χ4n) is 3.50. The van der Waals surface area contributed by atoms with Crippen LogP contribution in [-0.2, 0) is 41.6 Å². The Hall–Kier alpha value is -0.666. The van der Waals surface area contributed by atoms with Crippen molar-refractivity contribution < 1.29 is 51.4 Å². The summed E-state index contributed by atoms with van der Waals surface area (Å²) in [5.74, 6) is 1.92. The van der Waals surface area contributed by atoms with Gasteiger partial charge in [0.1, 0.15) is 0 Å². The predicted octanol–water partition coefficient (Wildman–Crippen LogP) is 2.25. The molecule has 0 aliphatic heterocycles. The van der Waals surface area contributed by atoms with Gasteiger partial charge in [0.2, 0.25) is 0 Å². The summed E-state index contributed by atoms with van der Waals surface area (Å²) in [5.41, 5.74) is 5.21. The number of rotatable bonds is 4. The number of hydrogen-bond donors (Lipinski definition) is 0. The minimum absolute atomic E-state index is 0. The normalized spacial score (nSPS) is 12.2. The Morgan fingerprint density at radius 1 is 0.485 bits per heavy atom. The van der Waals surface area contributed by atoms with E-state index >= 15 is 0 Å². The number of hydrogen-bond acceptors (Lipinski definition) is 2. The first-order chi connectivity index (χ1) is 13.9. The van der Waals surface area contributed by atoms with Crippen LogP contribution in [0.1, 0.15) is 105 Å². The standard InChI is InChI=1S/2C14H22O.2ClH.Ti/c2*1-13(2,3)10-7-8-11(12(15)9-10)14(4,5)6;;;/h2*7-9,15H,1-6H3;2*1H;/q;;;;+4/p-4. The summed E-state index contributed by atoms with van der Waals surface area (Å²) in [6.07, 6.45) is 0. The Labute approximate surface area is 225 Å². The number of benzene rings is 2. The maximum absolute atomic E-state index is 6.40. The summed E-state index contributed by atoms with van der Waals surface area (Å²) < 4.78 is 12.8. The molecule has 0 atom stereocenters. The van der Waals surface area contributed by atoms with Gasteiger partial charge in [-0.1, -0.05) is 0 Å². The molecule has 0 aliphatic carbocycles. The average molecular weight is 529 g/mol. The summed E-state index contributed by atoms with van der Waals surface area (Å²) >= 11 is -1.12. The van der Waals surface area contributed by atoms with E-state index in [-0.39, 0.29) is 46.5 Å². The zero-order valence-corrected chi connectivity index (χ0v) is 25.6. The second-order valence-corrected chi connectivity index (χ2v) is 13.6. The molecule has 0 radical (unpaired) electrons. The van der Waals surface area contributed by atoms with Crippen molar-refractivity contribution in [3.8, 4) is 11.5 Å². The largest absolute Gasteiger partial charge is 1.00 e. The van der Waals surface area contributed by atoms with Gasteiger partial charge in [0.15, 0.2) is 0 Å². The molecule has 0 saturated carbocycles. The Morgan fingerprint density at radius 3 is 1.03 bits per heavy atom. The quantitative estimate of drug-likeness (QED) is 0.567. The molecule has 0 aliphatic rings. The molecule has 0 fully saturated rings. The van der Waals surface area contributed by atoms with Crippen molar-refractivity contribution in [1.29, 1.82) is 0 Å². The van der Waals surface area contributed by atoms with Crippen LogP contribution < -0.4 is 31.5 Å². The Bertz CT molecular complexity index is 836. The van der Waals surface area contributed by atoms with Crippen LogP contribution in [0.4, 0.5) is 0 Å². The van der Waals surface area contributed by atoms with E-state index in [2.05, 4.69) is 119 Å². The molecule has 0 unspecified atom stereocenters. The maximum atomic E-state index is 6.40. The minimum Gasteiger partial charge on any atom is -1.00 e. The van der Waals surface area contributed by atoms with Crippen molar-refractivity contribution in [3.05, 3.63) is 58.7 Å². The van der Waals surface area contributed by atoms with Crippen molar-refractivity contribution in [2.45, 2.75) is 105 Å². The summed E-state index contributed by atoms with van der Waals surface area (Å²) in [5, 5.41) is 0. The number of halogens is 2. The second kappa shape index (κ2) is 11.4. The van der Waals surface area contributed by atoms with Crippen LogP contribution in [0, 0.1) is 0 Å². The van der Waals surface area contributed by atoms with E-state index in [0.717, 1.165) is 11.5 Å². The van der Waals surface area contributed by atoms with Crippen LogP contribution >= 0.6 is 0 Å². The molecule has 0 bridgehead atoms. The molecule has 0 aromatic heterocycles. The van der Waals surface area contributed by atoms with Gasteiger partial charge in [0.05, 0.1) is 0 Å². The molecule has 2 rings (SSSR count). The van der Waals surface area contributed by atoms with Gasteiger partial charge in [-0.3, -0.25) is 0 Å². The fraction of sp³-hybridized carbons (Fsp3) is 0.571. The molecule has 0 amide bonds. The zero-order valence-electron chi connectivity index (χ0n) is 22.5. The summed E-state index contributed by atoms with van der Waals surface area (Å²) in [6.45, 7) is 26.8. The molecule has 0 saturated heterocycles. The second-order valence-electron chi connectivity index (χ2n) is 12.7. The van der Waals surface area contributed by atoms with E-state index in [1.54, 1.807) is 0 Å². The van der Waals surface area contributed by atoms with E-state index in [0.29, 0.717) is 0 Å². The van der Waals surface area contributed by atoms with Crippen LogP contribution in [0.25, 0.3) is 0 Å². The van der Waals surface area contributed by atoms with Crippen LogP contribution in [0.3, 0.4) is 0 Å². The molecule has 2 aromatic carbocycles. The van der Waals surface area contributed by atoms with E-state index in [1.807, 2.05) is 0 Å². The van der Waals surface area contributed by atoms with Crippen molar-refractivity contribution in [3.63, 3.8) is 0 Å². The first kappa shape index (κ1) is 32.3. The summed E-state index contributed by atoms with van der Waals surface area (Å²) in [6, 6.07) is 13.3. The first-order valence-electron chi connectivity index (χ1n) is 11.3. The predicted molar refractivity (Wildman–Crippen MR) is 129 cm³/mol. The summed E-state index contributed by atoms with van der Waals surface area (Å²) in [7, 11) is 0. The van der Waals surface area contributed by atoms with E-state index in [9.17, 15) is 0 Å². The van der Waals surface area contributed by atoms with E-state index in [1.165, 1.54) is 22.3 Å².